The maximum atomic E-state index is 14.6. The largest absolute Gasteiger partial charge is 0.425 e. The van der Waals surface area contributed by atoms with Crippen molar-refractivity contribution in [2.45, 2.75) is 44.6 Å². The van der Waals surface area contributed by atoms with Gasteiger partial charge in [-0.15, -0.1) is 0 Å². The Hall–Kier alpha value is -3.50. The van der Waals surface area contributed by atoms with Crippen LogP contribution in [0.3, 0.4) is 0 Å². The number of rotatable bonds is 8. The molecule has 3 aromatic rings. The number of fused-ring (bicyclic) bond motifs is 2. The molecule has 3 heterocycles. The van der Waals surface area contributed by atoms with E-state index in [4.69, 9.17) is 21.1 Å². The Kier molecular flexibility index (Phi) is 6.87. The fourth-order valence-electron chi connectivity index (χ4n) is 5.10. The van der Waals surface area contributed by atoms with Crippen LogP contribution < -0.4 is 5.32 Å². The number of methoxy groups -OCH3 is 1. The summed E-state index contributed by atoms with van der Waals surface area (Å²) >= 11 is 5.90. The van der Waals surface area contributed by atoms with Crippen LogP contribution in [0.25, 0.3) is 10.9 Å². The molecular weight excluding hydrogens is 503 g/mol. The van der Waals surface area contributed by atoms with Crippen molar-refractivity contribution in [3.63, 3.8) is 0 Å². The summed E-state index contributed by atoms with van der Waals surface area (Å²) in [5, 5.41) is 3.29. The molecule has 194 valence electrons. The first-order valence-corrected chi connectivity index (χ1v) is 12.3. The quantitative estimate of drug-likeness (QED) is 0.442. The highest BCUT2D eigenvalue weighted by atomic mass is 35.5. The third kappa shape index (κ3) is 4.91. The van der Waals surface area contributed by atoms with E-state index in [2.05, 4.69) is 10.3 Å². The molecule has 2 amide bonds. The van der Waals surface area contributed by atoms with Crippen molar-refractivity contribution in [2.24, 2.45) is 5.92 Å². The molecule has 2 aliphatic rings. The van der Waals surface area contributed by atoms with Gasteiger partial charge in [-0.1, -0.05) is 23.7 Å². The summed E-state index contributed by atoms with van der Waals surface area (Å²) in [6.45, 7) is 1.45. The number of nitrogens with zero attached hydrogens (tertiary/aromatic N) is 3. The second-order valence-electron chi connectivity index (χ2n) is 9.37. The van der Waals surface area contributed by atoms with Crippen molar-refractivity contribution in [3.8, 4) is 0 Å². The van der Waals surface area contributed by atoms with E-state index in [-0.39, 0.29) is 47.4 Å². The van der Waals surface area contributed by atoms with E-state index in [9.17, 15) is 18.8 Å². The zero-order chi connectivity index (χ0) is 26.3. The standard InChI is InChI=1S/C26H26ClFN4O5/c1-14(33)18-11-31(22-10-29-7-6-16(18)22)12-23(34)32-21-8-15(21)9-24(32)37-26(35)30-20(13-36-2)17-4-3-5-19(27)25(17)28/h3-7,10-11,15,20-21,24H,8-9,12-13H2,1-2H3,(H,30,35)/t15-,20-,21-,24+/m1/s1. The van der Waals surface area contributed by atoms with Gasteiger partial charge in [0.05, 0.1) is 29.4 Å². The van der Waals surface area contributed by atoms with Crippen LogP contribution in [0, 0.1) is 11.7 Å². The van der Waals surface area contributed by atoms with E-state index in [1.54, 1.807) is 40.2 Å². The molecule has 0 unspecified atom stereocenters. The average molecular weight is 529 g/mol. The summed E-state index contributed by atoms with van der Waals surface area (Å²) in [5.41, 5.74) is 1.36. The molecule has 0 radical (unpaired) electrons. The molecule has 2 aromatic heterocycles. The molecule has 1 aromatic carbocycles. The maximum Gasteiger partial charge on any atom is 0.409 e. The van der Waals surface area contributed by atoms with Gasteiger partial charge in [0.15, 0.2) is 12.0 Å². The number of pyridine rings is 1. The number of hydrogen-bond acceptors (Lipinski definition) is 6. The third-order valence-corrected chi connectivity index (χ3v) is 7.23. The molecule has 0 bridgehead atoms. The van der Waals surface area contributed by atoms with Crippen LogP contribution in [0.2, 0.25) is 5.02 Å². The number of Topliss-reactive ketones (excluding diaryl/α,β-unsaturated/α-hetero) is 1. The van der Waals surface area contributed by atoms with Gasteiger partial charge >= 0.3 is 6.09 Å². The Bertz CT molecular complexity index is 1380. The number of ether oxygens (including phenoxy) is 2. The Balaban J connectivity index is 1.30. The number of carbonyl (C=O) groups excluding carboxylic acids is 3. The number of aromatic nitrogens is 2. The average Bonchev–Trinajstić information content (AvgIpc) is 3.37. The molecule has 0 spiro atoms. The van der Waals surface area contributed by atoms with Gasteiger partial charge < -0.3 is 24.3 Å². The number of halogens is 2. The third-order valence-electron chi connectivity index (χ3n) is 6.94. The van der Waals surface area contributed by atoms with Crippen molar-refractivity contribution in [1.82, 2.24) is 19.8 Å². The normalized spacial score (nSPS) is 21.0. The van der Waals surface area contributed by atoms with Crippen LogP contribution in [0.1, 0.15) is 41.7 Å². The fourth-order valence-corrected chi connectivity index (χ4v) is 5.29. The van der Waals surface area contributed by atoms with Crippen LogP contribution in [-0.2, 0) is 20.8 Å². The molecule has 1 aliphatic heterocycles. The minimum absolute atomic E-state index is 0.00184. The molecule has 1 saturated heterocycles. The number of ketones is 1. The summed E-state index contributed by atoms with van der Waals surface area (Å²) < 4.78 is 27.1. The second-order valence-corrected chi connectivity index (χ2v) is 9.78. The highest BCUT2D eigenvalue weighted by Crippen LogP contribution is 2.48. The predicted molar refractivity (Wildman–Crippen MR) is 133 cm³/mol. The van der Waals surface area contributed by atoms with Crippen LogP contribution in [-0.4, -0.2) is 58.2 Å². The SMILES string of the molecule is COC[C@@H](NC(=O)O[C@H]1C[C@H]2C[C@H]2N1C(=O)Cn1cc(C(C)=O)c2ccncc21)c1cccc(Cl)c1F. The Morgan fingerprint density at radius 3 is 2.84 bits per heavy atom. The summed E-state index contributed by atoms with van der Waals surface area (Å²) in [4.78, 5) is 44.0. The highest BCUT2D eigenvalue weighted by molar-refractivity contribution is 6.30. The smallest absolute Gasteiger partial charge is 0.409 e. The number of carbonyl (C=O) groups is 3. The predicted octanol–water partition coefficient (Wildman–Crippen LogP) is 4.09. The molecule has 37 heavy (non-hydrogen) atoms. The first kappa shape index (κ1) is 25.2. The van der Waals surface area contributed by atoms with Crippen molar-refractivity contribution in [2.75, 3.05) is 13.7 Å². The number of amides is 2. The lowest BCUT2D eigenvalue weighted by atomic mass is 10.1. The van der Waals surface area contributed by atoms with Crippen molar-refractivity contribution in [1.29, 1.82) is 0 Å². The highest BCUT2D eigenvalue weighted by Gasteiger charge is 2.55. The number of piperidine rings is 1. The van der Waals surface area contributed by atoms with Gasteiger partial charge in [0.25, 0.3) is 0 Å². The van der Waals surface area contributed by atoms with E-state index in [0.29, 0.717) is 17.5 Å². The maximum absolute atomic E-state index is 14.6. The number of likely N-dealkylation sites (tertiary alicyclic amines) is 1. The zero-order valence-electron chi connectivity index (χ0n) is 20.3. The molecular formula is C26H26ClFN4O5. The molecule has 11 heteroatoms. The van der Waals surface area contributed by atoms with E-state index < -0.39 is 24.2 Å². The van der Waals surface area contributed by atoms with Gasteiger partial charge in [-0.25, -0.2) is 9.18 Å². The molecule has 1 N–H and O–H groups in total. The lowest BCUT2D eigenvalue weighted by Crippen LogP contribution is -2.45. The minimum Gasteiger partial charge on any atom is -0.425 e. The second kappa shape index (κ2) is 10.1. The van der Waals surface area contributed by atoms with Gasteiger partial charge in [0.2, 0.25) is 5.91 Å². The number of nitrogens with one attached hydrogen (secondary N) is 1. The Morgan fingerprint density at radius 2 is 2.08 bits per heavy atom. The molecule has 2 fully saturated rings. The van der Waals surface area contributed by atoms with E-state index in [1.165, 1.54) is 26.2 Å². The molecule has 9 nitrogen and oxygen atoms in total. The summed E-state index contributed by atoms with van der Waals surface area (Å²) in [7, 11) is 1.44. The van der Waals surface area contributed by atoms with Gasteiger partial charge in [-0.05, 0) is 31.4 Å². The molecule has 1 aliphatic carbocycles. The van der Waals surface area contributed by atoms with E-state index in [1.807, 2.05) is 0 Å². The number of hydrogen-bond donors (Lipinski definition) is 1. The van der Waals surface area contributed by atoms with Gasteiger partial charge in [0, 0.05) is 48.5 Å². The number of benzene rings is 1. The van der Waals surface area contributed by atoms with Crippen LogP contribution in [0.4, 0.5) is 9.18 Å². The van der Waals surface area contributed by atoms with Gasteiger partial charge in [0.1, 0.15) is 12.4 Å². The fraction of sp³-hybridized carbons (Fsp3) is 0.385. The lowest BCUT2D eigenvalue weighted by Gasteiger charge is -2.28. The Labute approximate surface area is 217 Å². The van der Waals surface area contributed by atoms with Crippen molar-refractivity contribution < 1.29 is 28.2 Å². The molecule has 1 saturated carbocycles. The van der Waals surface area contributed by atoms with Gasteiger partial charge in [-0.2, -0.15) is 0 Å². The Morgan fingerprint density at radius 1 is 1.27 bits per heavy atom. The monoisotopic (exact) mass is 528 g/mol. The molecule has 4 atom stereocenters. The first-order chi connectivity index (χ1) is 17.8. The minimum atomic E-state index is -0.833. The van der Waals surface area contributed by atoms with Gasteiger partial charge in [-0.3, -0.25) is 14.6 Å². The van der Waals surface area contributed by atoms with Crippen molar-refractivity contribution in [3.05, 3.63) is 64.8 Å². The summed E-state index contributed by atoms with van der Waals surface area (Å²) in [6, 6.07) is 5.42. The zero-order valence-corrected chi connectivity index (χ0v) is 21.1. The van der Waals surface area contributed by atoms with Crippen LogP contribution >= 0.6 is 11.6 Å². The van der Waals surface area contributed by atoms with E-state index >= 15 is 0 Å². The molecule has 5 rings (SSSR count). The summed E-state index contributed by atoms with van der Waals surface area (Å²) in [5.74, 6) is -0.722. The topological polar surface area (TPSA) is 103 Å². The number of alkyl carbamates (subject to hydrolysis) is 1. The van der Waals surface area contributed by atoms with Crippen LogP contribution in [0.15, 0.2) is 42.9 Å². The van der Waals surface area contributed by atoms with Crippen molar-refractivity contribution >= 4 is 40.3 Å². The van der Waals surface area contributed by atoms with Crippen LogP contribution in [0.5, 0.6) is 0 Å². The summed E-state index contributed by atoms with van der Waals surface area (Å²) in [6.07, 6.45) is 4.70. The first-order valence-electron chi connectivity index (χ1n) is 11.9. The lowest BCUT2D eigenvalue weighted by molar-refractivity contribution is -0.140. The van der Waals surface area contributed by atoms with E-state index in [0.717, 1.165) is 11.8 Å².